The first-order chi connectivity index (χ1) is 20.7. The van der Waals surface area contributed by atoms with Gasteiger partial charge in [0.05, 0.1) is 30.8 Å². The summed E-state index contributed by atoms with van der Waals surface area (Å²) in [5.41, 5.74) is 0. The molecule has 246 valence electrons. The molecular formula is C29H38F2O12S. The quantitative estimate of drug-likeness (QED) is 0.142. The van der Waals surface area contributed by atoms with Crippen LogP contribution >= 0.6 is 0 Å². The maximum absolute atomic E-state index is 13.7. The average molecular weight is 649 g/mol. The van der Waals surface area contributed by atoms with Gasteiger partial charge < -0.3 is 23.7 Å². The van der Waals surface area contributed by atoms with E-state index in [2.05, 4.69) is 4.74 Å². The number of halogens is 2. The van der Waals surface area contributed by atoms with E-state index in [4.69, 9.17) is 23.5 Å². The minimum absolute atomic E-state index is 0.0422. The summed E-state index contributed by atoms with van der Waals surface area (Å²) < 4.78 is 85.2. The van der Waals surface area contributed by atoms with Crippen LogP contribution in [-0.2, 0) is 53.0 Å². The summed E-state index contributed by atoms with van der Waals surface area (Å²) in [4.78, 5) is 50.9. The molecule has 6 rings (SSSR count). The van der Waals surface area contributed by atoms with Gasteiger partial charge in [0.25, 0.3) is 0 Å². The molecule has 6 fully saturated rings. The molecule has 5 aliphatic carbocycles. The number of fused-ring (bicyclic) bond motifs is 6. The van der Waals surface area contributed by atoms with Gasteiger partial charge in [0.15, 0.2) is 6.10 Å². The SMILES string of the molecule is CCC(OC(=O)C1C2CC3C(OC(=O)C31)C2OC(=O)CCC(=O)OC(C)C(F)(F)S(=O)(=O)O)OC1CC2CC1C1CCCC21. The smallest absolute Gasteiger partial charge is 0.405 e. The Bertz CT molecular complexity index is 1300. The van der Waals surface area contributed by atoms with Gasteiger partial charge in [-0.3, -0.25) is 23.7 Å². The highest BCUT2D eigenvalue weighted by atomic mass is 32.2. The maximum atomic E-state index is 13.7. The van der Waals surface area contributed by atoms with Crippen molar-refractivity contribution in [1.82, 2.24) is 0 Å². The van der Waals surface area contributed by atoms with E-state index in [1.54, 1.807) is 0 Å². The molecule has 12 nitrogen and oxygen atoms in total. The van der Waals surface area contributed by atoms with E-state index in [1.807, 2.05) is 6.92 Å². The van der Waals surface area contributed by atoms with Crippen molar-refractivity contribution in [2.75, 3.05) is 0 Å². The highest BCUT2D eigenvalue weighted by Crippen LogP contribution is 2.61. The fraction of sp³-hybridized carbons (Fsp3) is 0.862. The zero-order valence-electron chi connectivity index (χ0n) is 24.5. The number of carbonyl (C=O) groups excluding carboxylic acids is 4. The summed E-state index contributed by atoms with van der Waals surface area (Å²) in [6, 6.07) is 0. The summed E-state index contributed by atoms with van der Waals surface area (Å²) >= 11 is 0. The molecule has 1 saturated heterocycles. The second-order valence-corrected chi connectivity index (χ2v) is 14.7. The van der Waals surface area contributed by atoms with E-state index in [9.17, 15) is 36.4 Å². The van der Waals surface area contributed by atoms with Crippen LogP contribution < -0.4 is 0 Å². The Morgan fingerprint density at radius 2 is 1.70 bits per heavy atom. The van der Waals surface area contributed by atoms with Gasteiger partial charge in [0.2, 0.25) is 6.29 Å². The van der Waals surface area contributed by atoms with E-state index >= 15 is 0 Å². The molecule has 1 heterocycles. The minimum Gasteiger partial charge on any atom is -0.458 e. The van der Waals surface area contributed by atoms with Crippen LogP contribution in [0.3, 0.4) is 0 Å². The molecule has 13 atom stereocenters. The van der Waals surface area contributed by atoms with Crippen LogP contribution in [0, 0.1) is 47.3 Å². The number of ether oxygens (including phenoxy) is 5. The molecule has 1 N–H and O–H groups in total. The summed E-state index contributed by atoms with van der Waals surface area (Å²) in [7, 11) is -5.83. The first-order valence-electron chi connectivity index (χ1n) is 15.5. The second kappa shape index (κ2) is 11.4. The third-order valence-electron chi connectivity index (χ3n) is 11.0. The highest BCUT2D eigenvalue weighted by molar-refractivity contribution is 7.86. The fourth-order valence-corrected chi connectivity index (χ4v) is 9.66. The first-order valence-corrected chi connectivity index (χ1v) is 17.0. The van der Waals surface area contributed by atoms with E-state index in [0.29, 0.717) is 37.5 Å². The van der Waals surface area contributed by atoms with E-state index < -0.39 is 94.4 Å². The Labute approximate surface area is 253 Å². The van der Waals surface area contributed by atoms with E-state index in [1.165, 1.54) is 19.3 Å². The molecule has 0 amide bonds. The lowest BCUT2D eigenvalue weighted by atomic mass is 9.78. The van der Waals surface area contributed by atoms with Gasteiger partial charge >= 0.3 is 39.2 Å². The molecule has 0 aromatic carbocycles. The molecule has 0 aromatic rings. The minimum atomic E-state index is -5.83. The molecule has 0 radical (unpaired) electrons. The van der Waals surface area contributed by atoms with Crippen molar-refractivity contribution in [1.29, 1.82) is 0 Å². The van der Waals surface area contributed by atoms with Gasteiger partial charge in [-0.05, 0) is 62.7 Å². The maximum Gasteiger partial charge on any atom is 0.405 e. The Morgan fingerprint density at radius 3 is 2.41 bits per heavy atom. The highest BCUT2D eigenvalue weighted by Gasteiger charge is 2.70. The number of alkyl halides is 2. The van der Waals surface area contributed by atoms with Crippen LogP contribution in [0.4, 0.5) is 8.78 Å². The summed E-state index contributed by atoms with van der Waals surface area (Å²) in [5, 5.41) is -4.74. The van der Waals surface area contributed by atoms with Gasteiger partial charge in [-0.1, -0.05) is 13.3 Å². The molecule has 6 aliphatic rings. The molecule has 5 saturated carbocycles. The number of rotatable bonds is 12. The fourth-order valence-electron chi connectivity index (χ4n) is 9.19. The first kappa shape index (κ1) is 31.6. The van der Waals surface area contributed by atoms with Crippen molar-refractivity contribution >= 4 is 34.0 Å². The average Bonchev–Trinajstić information content (AvgIpc) is 3.77. The normalized spacial score (nSPS) is 39.6. The summed E-state index contributed by atoms with van der Waals surface area (Å²) in [6.45, 7) is 2.45. The molecule has 0 spiro atoms. The van der Waals surface area contributed by atoms with Gasteiger partial charge in [-0.25, -0.2) is 0 Å². The van der Waals surface area contributed by atoms with Crippen molar-refractivity contribution < 1.29 is 64.6 Å². The van der Waals surface area contributed by atoms with Crippen LogP contribution in [0.15, 0.2) is 0 Å². The Kier molecular flexibility index (Phi) is 8.22. The monoisotopic (exact) mass is 648 g/mol. The van der Waals surface area contributed by atoms with Gasteiger partial charge in [0, 0.05) is 18.3 Å². The number of carbonyl (C=O) groups is 4. The molecule has 0 aromatic heterocycles. The van der Waals surface area contributed by atoms with Crippen LogP contribution in [0.5, 0.6) is 0 Å². The van der Waals surface area contributed by atoms with Gasteiger partial charge in [-0.15, -0.1) is 0 Å². The van der Waals surface area contributed by atoms with Crippen molar-refractivity contribution in [3.05, 3.63) is 0 Å². The van der Waals surface area contributed by atoms with Crippen LogP contribution in [0.25, 0.3) is 0 Å². The molecule has 15 heteroatoms. The lowest BCUT2D eigenvalue weighted by Gasteiger charge is -2.34. The molecule has 1 aliphatic heterocycles. The largest absolute Gasteiger partial charge is 0.458 e. The number of esters is 4. The van der Waals surface area contributed by atoms with Crippen LogP contribution in [0.2, 0.25) is 0 Å². The predicted molar refractivity (Wildman–Crippen MR) is 142 cm³/mol. The van der Waals surface area contributed by atoms with Crippen LogP contribution in [0.1, 0.15) is 71.6 Å². The molecule has 4 bridgehead atoms. The summed E-state index contributed by atoms with van der Waals surface area (Å²) in [5.74, 6) is -3.29. The van der Waals surface area contributed by atoms with Crippen molar-refractivity contribution in [2.24, 2.45) is 47.3 Å². The van der Waals surface area contributed by atoms with E-state index in [0.717, 1.165) is 18.8 Å². The Morgan fingerprint density at radius 1 is 1.00 bits per heavy atom. The number of hydrogen-bond donors (Lipinski definition) is 1. The molecule has 44 heavy (non-hydrogen) atoms. The Hall–Kier alpha value is -2.39. The molecule has 13 unspecified atom stereocenters. The Balaban J connectivity index is 1.03. The van der Waals surface area contributed by atoms with E-state index in [-0.39, 0.29) is 12.0 Å². The lowest BCUT2D eigenvalue weighted by molar-refractivity contribution is -0.206. The summed E-state index contributed by atoms with van der Waals surface area (Å²) in [6.07, 6.45) is 0.481. The van der Waals surface area contributed by atoms with Crippen LogP contribution in [-0.4, -0.2) is 72.8 Å². The van der Waals surface area contributed by atoms with Crippen molar-refractivity contribution in [2.45, 2.75) is 108 Å². The van der Waals surface area contributed by atoms with Gasteiger partial charge in [-0.2, -0.15) is 17.2 Å². The zero-order valence-corrected chi connectivity index (χ0v) is 25.3. The topological polar surface area (TPSA) is 169 Å². The third-order valence-corrected chi connectivity index (χ3v) is 12.0. The zero-order chi connectivity index (χ0) is 31.7. The molecular weight excluding hydrogens is 610 g/mol. The van der Waals surface area contributed by atoms with Crippen molar-refractivity contribution in [3.63, 3.8) is 0 Å². The predicted octanol–water partition coefficient (Wildman–Crippen LogP) is 3.02. The number of hydrogen-bond acceptors (Lipinski definition) is 11. The standard InChI is InChI=1S/C29H38F2O12S/c1-3-22(40-19-10-13-9-16(19)15-6-4-5-14(13)15)42-27(34)23-17-11-18-24(23)28(35)43-26(18)25(17)41-21(33)8-7-20(32)39-12(2)29(30,31)44(36,37)38/h12-19,22-26H,3-11H2,1-2H3,(H,36,37,38). The lowest BCUT2D eigenvalue weighted by Crippen LogP contribution is -2.45. The second-order valence-electron chi connectivity index (χ2n) is 13.2. The van der Waals surface area contributed by atoms with Crippen molar-refractivity contribution in [3.8, 4) is 0 Å². The third kappa shape index (κ3) is 5.29. The van der Waals surface area contributed by atoms with Gasteiger partial charge in [0.1, 0.15) is 12.2 Å².